The van der Waals surface area contributed by atoms with Gasteiger partial charge in [-0.05, 0) is 25.3 Å². The van der Waals surface area contributed by atoms with E-state index in [0.717, 1.165) is 44.1 Å². The Balaban J connectivity index is 1.45. The average Bonchev–Trinajstić information content (AvgIpc) is 3.32. The number of carbonyl (C=O) groups is 1. The minimum Gasteiger partial charge on any atom is -0.340 e. The van der Waals surface area contributed by atoms with Crippen LogP contribution in [0.2, 0.25) is 0 Å². The van der Waals surface area contributed by atoms with Crippen LogP contribution in [0.4, 0.5) is 0 Å². The third-order valence-electron chi connectivity index (χ3n) is 5.31. The van der Waals surface area contributed by atoms with Crippen molar-refractivity contribution >= 4 is 5.91 Å². The second-order valence-corrected chi connectivity index (χ2v) is 7.18. The first kappa shape index (κ1) is 17.5. The first-order valence-corrected chi connectivity index (χ1v) is 9.51. The molecular formula is C21H25N5O. The molecule has 3 aromatic rings. The van der Waals surface area contributed by atoms with Crippen LogP contribution in [-0.4, -0.2) is 43.0 Å². The maximum absolute atomic E-state index is 12.8. The number of rotatable bonds is 5. The Morgan fingerprint density at radius 3 is 2.67 bits per heavy atom. The van der Waals surface area contributed by atoms with Gasteiger partial charge in [0, 0.05) is 50.3 Å². The molecule has 6 nitrogen and oxygen atoms in total. The lowest BCUT2D eigenvalue weighted by Crippen LogP contribution is -2.41. The van der Waals surface area contributed by atoms with Crippen LogP contribution in [0.15, 0.2) is 55.1 Å². The fourth-order valence-electron chi connectivity index (χ4n) is 3.83. The molecule has 0 unspecified atom stereocenters. The second-order valence-electron chi connectivity index (χ2n) is 7.18. The van der Waals surface area contributed by atoms with Crippen molar-refractivity contribution in [2.24, 2.45) is 0 Å². The molecule has 1 atom stereocenters. The Morgan fingerprint density at radius 2 is 1.89 bits per heavy atom. The Labute approximate surface area is 159 Å². The van der Waals surface area contributed by atoms with E-state index in [1.807, 2.05) is 41.0 Å². The van der Waals surface area contributed by atoms with Gasteiger partial charge in [0.15, 0.2) is 0 Å². The molecule has 27 heavy (non-hydrogen) atoms. The van der Waals surface area contributed by atoms with Crippen LogP contribution in [-0.2, 0) is 17.9 Å². The molecule has 1 amide bonds. The summed E-state index contributed by atoms with van der Waals surface area (Å²) in [6, 6.07) is 10.4. The SMILES string of the molecule is Cc1nccn1CC(=O)N1CCC[C@@H](c2nccn2Cc2ccccc2)C1. The van der Waals surface area contributed by atoms with Gasteiger partial charge >= 0.3 is 0 Å². The lowest BCUT2D eigenvalue weighted by atomic mass is 9.97. The second kappa shape index (κ2) is 7.78. The zero-order valence-corrected chi connectivity index (χ0v) is 15.7. The van der Waals surface area contributed by atoms with E-state index in [2.05, 4.69) is 38.8 Å². The predicted molar refractivity (Wildman–Crippen MR) is 103 cm³/mol. The molecule has 140 valence electrons. The number of carbonyl (C=O) groups excluding carboxylic acids is 1. The third kappa shape index (κ3) is 3.94. The van der Waals surface area contributed by atoms with Crippen molar-refractivity contribution in [3.8, 4) is 0 Å². The van der Waals surface area contributed by atoms with Crippen molar-refractivity contribution in [1.82, 2.24) is 24.0 Å². The molecule has 2 aromatic heterocycles. The summed E-state index contributed by atoms with van der Waals surface area (Å²) in [5.74, 6) is 2.39. The fourth-order valence-corrected chi connectivity index (χ4v) is 3.83. The van der Waals surface area contributed by atoms with Gasteiger partial charge in [-0.2, -0.15) is 0 Å². The highest BCUT2D eigenvalue weighted by molar-refractivity contribution is 5.76. The summed E-state index contributed by atoms with van der Waals surface area (Å²) < 4.78 is 4.12. The van der Waals surface area contributed by atoms with Gasteiger partial charge in [0.1, 0.15) is 18.2 Å². The summed E-state index contributed by atoms with van der Waals surface area (Å²) in [4.78, 5) is 23.6. The summed E-state index contributed by atoms with van der Waals surface area (Å²) in [6.07, 6.45) is 9.59. The average molecular weight is 363 g/mol. The fraction of sp³-hybridized carbons (Fsp3) is 0.381. The van der Waals surface area contributed by atoms with Crippen LogP contribution in [0.25, 0.3) is 0 Å². The van der Waals surface area contributed by atoms with E-state index < -0.39 is 0 Å². The normalized spacial score (nSPS) is 17.2. The van der Waals surface area contributed by atoms with Crippen molar-refractivity contribution in [1.29, 1.82) is 0 Å². The number of piperidine rings is 1. The molecule has 4 rings (SSSR count). The van der Waals surface area contributed by atoms with E-state index in [9.17, 15) is 4.79 Å². The van der Waals surface area contributed by atoms with Gasteiger partial charge in [0.05, 0.1) is 0 Å². The van der Waals surface area contributed by atoms with Crippen LogP contribution < -0.4 is 0 Å². The van der Waals surface area contributed by atoms with Crippen LogP contribution >= 0.6 is 0 Å². The number of nitrogens with zero attached hydrogens (tertiary/aromatic N) is 5. The number of likely N-dealkylation sites (tertiary alicyclic amines) is 1. The Bertz CT molecular complexity index is 898. The maximum atomic E-state index is 12.8. The highest BCUT2D eigenvalue weighted by Gasteiger charge is 2.27. The molecule has 0 aliphatic carbocycles. The molecule has 1 saturated heterocycles. The Hall–Kier alpha value is -2.89. The summed E-state index contributed by atoms with van der Waals surface area (Å²) in [5, 5.41) is 0. The minimum atomic E-state index is 0.155. The molecule has 6 heteroatoms. The standard InChI is InChI=1S/C21H25N5O/c1-17-22-9-12-24(17)16-20(27)25-11-5-8-19(15-25)21-23-10-13-26(21)14-18-6-3-2-4-7-18/h2-4,6-7,9-10,12-13,19H,5,8,11,14-16H2,1H3/t19-/m1/s1. The van der Waals surface area contributed by atoms with E-state index in [4.69, 9.17) is 0 Å². The first-order valence-electron chi connectivity index (χ1n) is 9.51. The largest absolute Gasteiger partial charge is 0.340 e. The van der Waals surface area contributed by atoms with Gasteiger partial charge in [0.2, 0.25) is 5.91 Å². The van der Waals surface area contributed by atoms with Crippen LogP contribution in [0.5, 0.6) is 0 Å². The lowest BCUT2D eigenvalue weighted by Gasteiger charge is -2.33. The van der Waals surface area contributed by atoms with Crippen molar-refractivity contribution in [3.63, 3.8) is 0 Å². The van der Waals surface area contributed by atoms with Gasteiger partial charge in [0.25, 0.3) is 0 Å². The monoisotopic (exact) mass is 363 g/mol. The smallest absolute Gasteiger partial charge is 0.242 e. The summed E-state index contributed by atoms with van der Waals surface area (Å²) in [7, 11) is 0. The summed E-state index contributed by atoms with van der Waals surface area (Å²) in [5.41, 5.74) is 1.26. The number of aromatic nitrogens is 4. The van der Waals surface area contributed by atoms with Crippen molar-refractivity contribution in [2.45, 2.75) is 38.8 Å². The zero-order valence-electron chi connectivity index (χ0n) is 15.7. The number of benzene rings is 1. The lowest BCUT2D eigenvalue weighted by molar-refractivity contribution is -0.133. The van der Waals surface area contributed by atoms with Crippen molar-refractivity contribution in [2.75, 3.05) is 13.1 Å². The predicted octanol–water partition coefficient (Wildman–Crippen LogP) is 2.84. The van der Waals surface area contributed by atoms with Gasteiger partial charge in [-0.3, -0.25) is 4.79 Å². The third-order valence-corrected chi connectivity index (χ3v) is 5.31. The first-order chi connectivity index (χ1) is 13.2. The van der Waals surface area contributed by atoms with Gasteiger partial charge in [-0.15, -0.1) is 0 Å². The summed E-state index contributed by atoms with van der Waals surface area (Å²) in [6.45, 7) is 4.65. The number of hydrogen-bond acceptors (Lipinski definition) is 3. The summed E-state index contributed by atoms with van der Waals surface area (Å²) >= 11 is 0. The van der Waals surface area contributed by atoms with E-state index >= 15 is 0 Å². The van der Waals surface area contributed by atoms with Crippen LogP contribution in [0, 0.1) is 6.92 Å². The molecule has 3 heterocycles. The molecular weight excluding hydrogens is 338 g/mol. The topological polar surface area (TPSA) is 56.0 Å². The molecule has 0 N–H and O–H groups in total. The minimum absolute atomic E-state index is 0.155. The zero-order chi connectivity index (χ0) is 18.6. The molecule has 1 aromatic carbocycles. The Kier molecular flexibility index (Phi) is 5.05. The van der Waals surface area contributed by atoms with Gasteiger partial charge in [-0.1, -0.05) is 30.3 Å². The highest BCUT2D eigenvalue weighted by atomic mass is 16.2. The van der Waals surface area contributed by atoms with E-state index in [1.54, 1.807) is 6.20 Å². The number of aryl methyl sites for hydroxylation is 1. The van der Waals surface area contributed by atoms with Crippen molar-refractivity contribution < 1.29 is 4.79 Å². The molecule has 0 bridgehead atoms. The van der Waals surface area contributed by atoms with Gasteiger partial charge < -0.3 is 14.0 Å². The Morgan fingerprint density at radius 1 is 1.11 bits per heavy atom. The van der Waals surface area contributed by atoms with E-state index in [-0.39, 0.29) is 11.8 Å². The molecule has 0 saturated carbocycles. The van der Waals surface area contributed by atoms with Crippen LogP contribution in [0.1, 0.15) is 36.0 Å². The molecule has 0 radical (unpaired) electrons. The molecule has 1 fully saturated rings. The van der Waals surface area contributed by atoms with E-state index in [1.165, 1.54) is 5.56 Å². The van der Waals surface area contributed by atoms with Gasteiger partial charge in [-0.25, -0.2) is 9.97 Å². The molecule has 1 aliphatic rings. The quantitative estimate of drug-likeness (QED) is 0.700. The number of amides is 1. The molecule has 1 aliphatic heterocycles. The van der Waals surface area contributed by atoms with Crippen LogP contribution in [0.3, 0.4) is 0 Å². The van der Waals surface area contributed by atoms with E-state index in [0.29, 0.717) is 6.54 Å². The van der Waals surface area contributed by atoms with Crippen molar-refractivity contribution in [3.05, 3.63) is 72.3 Å². The maximum Gasteiger partial charge on any atom is 0.242 e. The number of imidazole rings is 2. The highest BCUT2D eigenvalue weighted by Crippen LogP contribution is 2.26. The number of hydrogen-bond donors (Lipinski definition) is 0. The molecule has 0 spiro atoms.